The van der Waals surface area contributed by atoms with Gasteiger partial charge in [0.15, 0.2) is 46.3 Å². The van der Waals surface area contributed by atoms with Crippen LogP contribution in [0.2, 0.25) is 0 Å². The SMILES string of the molecule is CCC(CO)CCc1c[nH]c2c1N=CCC2=O.CCC(CO)N(C)Cc1c[nH]c2c1N=CCC2=O.CC[C@@H](CO)CCc1c[nH]c2c1N=CCC2=O.CC[C@@H](CO)N(C)Cc1c[nH]c2c1N=CCC2=O.CC[C@H](CO)CCc1c[nH]c2c1N=CCC2=O.CC[C@H](CO)CCc1c[nH]c2c1N=CCC2=O.CC[C@H](CO)N(C)Cc1c[nH]c2c1N=CCC2=O.CC[C@H](CO)N(C)Cc1c[nH]c2c1N=CCC2=O. The third-order valence-corrected chi connectivity index (χ3v) is 27.2. The molecule has 16 heterocycles. The van der Waals surface area contributed by atoms with Crippen LogP contribution in [0.1, 0.15) is 312 Å². The van der Waals surface area contributed by atoms with E-state index in [0.717, 1.165) is 193 Å². The van der Waals surface area contributed by atoms with Crippen LogP contribution < -0.4 is 0 Å². The van der Waals surface area contributed by atoms with Crippen molar-refractivity contribution in [2.24, 2.45) is 63.6 Å². The van der Waals surface area contributed by atoms with Crippen molar-refractivity contribution < 1.29 is 79.2 Å². The molecule has 8 aromatic rings. The lowest BCUT2D eigenvalue weighted by atomic mass is 9.98. The normalized spacial score (nSPS) is 16.1. The Kier molecular flexibility index (Phi) is 46.0. The Hall–Kier alpha value is -11.5. The number of hydrogen-bond acceptors (Lipinski definition) is 28. The quantitative estimate of drug-likeness (QED) is 0.0170. The van der Waals surface area contributed by atoms with Gasteiger partial charge in [-0.3, -0.25) is 97.9 Å². The van der Waals surface area contributed by atoms with Gasteiger partial charge in [0.2, 0.25) is 0 Å². The maximum absolute atomic E-state index is 11.7. The molecule has 8 aromatic heterocycles. The lowest BCUT2D eigenvalue weighted by molar-refractivity contribution is 0.0988. The van der Waals surface area contributed by atoms with Gasteiger partial charge >= 0.3 is 0 Å². The number of carbonyl (C=O) groups is 8. The van der Waals surface area contributed by atoms with Crippen molar-refractivity contribution in [1.82, 2.24) is 59.5 Å². The Morgan fingerprint density at radius 2 is 0.371 bits per heavy atom. The second kappa shape index (κ2) is 57.4. The summed E-state index contributed by atoms with van der Waals surface area (Å²) in [6.45, 7) is 20.7. The highest BCUT2D eigenvalue weighted by molar-refractivity contribution is 6.14. The first kappa shape index (κ1) is 112. The fraction of sp³-hybridized carbons (Fsp3) is 0.538. The number of likely N-dealkylation sites (N-methyl/N-ethyl adjacent to an activating group) is 4. The topological polar surface area (TPSA) is 537 Å². The largest absolute Gasteiger partial charge is 0.396 e. The first-order chi connectivity index (χ1) is 67.7. The standard InChI is InChI=1S/4C13H19N3O2.4C13H18N2O2/c4*1-3-10(8-17)16(2)7-9-6-15-13-11(18)4-5-14-12(9)13;4*1-2-9(8-16)3-4-10-7-15-13-11(17)5-6-14-12(10)13/h4*5-6,10,15,17H,3-4,7-8H2,1-2H3;4*6-7,9,15-16H,2-5,8H2,1H3/t3*10-;;3*9-;/m110.100./s1. The molecule has 36 nitrogen and oxygen atoms in total. The molecule has 0 fully saturated rings. The first-order valence-electron chi connectivity index (χ1n) is 49.5. The minimum atomic E-state index is 0.0862. The zero-order chi connectivity index (χ0) is 101. The molecule has 760 valence electrons. The molecule has 16 rings (SSSR count). The number of aromatic nitrogens is 8. The molecule has 0 amide bonds. The van der Waals surface area contributed by atoms with E-state index in [-0.39, 0.29) is 123 Å². The zero-order valence-corrected chi connectivity index (χ0v) is 83.5. The van der Waals surface area contributed by atoms with Crippen molar-refractivity contribution in [3.8, 4) is 0 Å². The minimum Gasteiger partial charge on any atom is -0.396 e. The molecule has 8 atom stereocenters. The number of ketones is 8. The summed E-state index contributed by atoms with van der Waals surface area (Å²) in [5, 5.41) is 73.7. The minimum absolute atomic E-state index is 0.0862. The van der Waals surface area contributed by atoms with E-state index < -0.39 is 0 Å². The summed E-state index contributed by atoms with van der Waals surface area (Å²) in [5.41, 5.74) is 19.5. The number of nitrogens with one attached hydrogen (secondary N) is 8. The number of aromatic amines is 8. The third kappa shape index (κ3) is 30.3. The van der Waals surface area contributed by atoms with Crippen molar-refractivity contribution in [3.63, 3.8) is 0 Å². The summed E-state index contributed by atoms with van der Waals surface area (Å²) >= 11 is 0. The molecule has 0 saturated heterocycles. The number of aliphatic hydroxyl groups is 8. The van der Waals surface area contributed by atoms with Gasteiger partial charge in [0.1, 0.15) is 45.6 Å². The van der Waals surface area contributed by atoms with Crippen molar-refractivity contribution in [2.45, 2.75) is 260 Å². The number of fused-ring (bicyclic) bond motifs is 8. The number of H-pyrrole nitrogens is 8. The van der Waals surface area contributed by atoms with Gasteiger partial charge in [0.25, 0.3) is 0 Å². The molecule has 8 aliphatic heterocycles. The molecule has 2 unspecified atom stereocenters. The summed E-state index contributed by atoms with van der Waals surface area (Å²) in [6, 6.07) is 0.551. The van der Waals surface area contributed by atoms with Gasteiger partial charge in [-0.1, -0.05) is 81.1 Å². The van der Waals surface area contributed by atoms with Crippen LogP contribution in [-0.2, 0) is 51.9 Å². The van der Waals surface area contributed by atoms with E-state index >= 15 is 0 Å². The lowest BCUT2D eigenvalue weighted by Gasteiger charge is -2.25. The Morgan fingerprint density at radius 3 is 0.500 bits per heavy atom. The molecule has 36 heteroatoms. The van der Waals surface area contributed by atoms with E-state index in [1.807, 2.05) is 105 Å². The molecular weight excluding hydrogens is 1790 g/mol. The number of carbonyl (C=O) groups excluding carboxylic acids is 8. The summed E-state index contributed by atoms with van der Waals surface area (Å²) < 4.78 is 0. The average molecular weight is 1930 g/mol. The fourth-order valence-corrected chi connectivity index (χ4v) is 17.4. The predicted molar refractivity (Wildman–Crippen MR) is 550 cm³/mol. The van der Waals surface area contributed by atoms with Crippen LogP contribution in [0.4, 0.5) is 45.5 Å². The Labute approximate surface area is 820 Å². The highest BCUT2D eigenvalue weighted by Gasteiger charge is 2.30. The number of aryl methyl sites for hydroxylation is 4. The lowest BCUT2D eigenvalue weighted by Crippen LogP contribution is -2.33. The third-order valence-electron chi connectivity index (χ3n) is 27.2. The first-order valence-corrected chi connectivity index (χ1v) is 49.5. The van der Waals surface area contributed by atoms with E-state index in [1.165, 1.54) is 0 Å². The maximum Gasteiger partial charge on any atom is 0.186 e. The van der Waals surface area contributed by atoms with Crippen LogP contribution in [-0.4, -0.2) is 302 Å². The Balaban J connectivity index is 0.000000179. The van der Waals surface area contributed by atoms with Crippen LogP contribution in [0.5, 0.6) is 0 Å². The van der Waals surface area contributed by atoms with E-state index in [0.29, 0.717) is 147 Å². The number of aliphatic hydroxyl groups excluding tert-OH is 8. The number of hydrogen-bond donors (Lipinski definition) is 16. The Bertz CT molecular complexity index is 4910. The van der Waals surface area contributed by atoms with Gasteiger partial charge in [-0.05, 0) is 151 Å². The van der Waals surface area contributed by atoms with Gasteiger partial charge in [0, 0.05) is 250 Å². The number of rotatable bonds is 40. The highest BCUT2D eigenvalue weighted by Crippen LogP contribution is 2.38. The molecule has 140 heavy (non-hydrogen) atoms. The fourth-order valence-electron chi connectivity index (χ4n) is 17.4. The van der Waals surface area contributed by atoms with Crippen LogP contribution in [0, 0.1) is 23.7 Å². The number of nitrogens with zero attached hydrogens (tertiary/aromatic N) is 12. The van der Waals surface area contributed by atoms with E-state index in [1.54, 1.807) is 49.7 Å². The summed E-state index contributed by atoms with van der Waals surface area (Å²) in [7, 11) is 7.88. The number of aliphatic imine (C=N–C) groups is 8. The number of Topliss-reactive ketones (excluding diaryl/α,β-unsaturated/α-hetero) is 8. The van der Waals surface area contributed by atoms with Gasteiger partial charge in [-0.15, -0.1) is 0 Å². The summed E-state index contributed by atoms with van der Waals surface area (Å²) in [6.07, 6.45) is 45.8. The van der Waals surface area contributed by atoms with Crippen LogP contribution in [0.3, 0.4) is 0 Å². The molecule has 16 N–H and O–H groups in total. The predicted octanol–water partition coefficient (Wildman–Crippen LogP) is 15.0. The average Bonchev–Trinajstić information content (AvgIpc) is 1.65. The molecule has 0 aromatic carbocycles. The van der Waals surface area contributed by atoms with Gasteiger partial charge in [0.05, 0.1) is 71.9 Å². The van der Waals surface area contributed by atoms with Crippen LogP contribution >= 0.6 is 0 Å². The molecule has 0 spiro atoms. The van der Waals surface area contributed by atoms with E-state index in [9.17, 15) is 58.8 Å². The van der Waals surface area contributed by atoms with Crippen molar-refractivity contribution >= 4 is 141 Å². The summed E-state index contributed by atoms with van der Waals surface area (Å²) in [4.78, 5) is 160. The molecule has 0 saturated carbocycles. The molecule has 8 aliphatic rings. The van der Waals surface area contributed by atoms with Crippen molar-refractivity contribution in [3.05, 3.63) is 140 Å². The van der Waals surface area contributed by atoms with Crippen molar-refractivity contribution in [2.75, 3.05) is 81.0 Å². The van der Waals surface area contributed by atoms with Gasteiger partial charge in [-0.25, -0.2) is 0 Å². The zero-order valence-electron chi connectivity index (χ0n) is 83.5. The van der Waals surface area contributed by atoms with Crippen LogP contribution in [0.25, 0.3) is 0 Å². The molecular formula is C104H148N20O16. The smallest absolute Gasteiger partial charge is 0.186 e. The van der Waals surface area contributed by atoms with Gasteiger partial charge in [-0.2, -0.15) is 0 Å². The maximum atomic E-state index is 11.7. The van der Waals surface area contributed by atoms with Crippen molar-refractivity contribution in [1.29, 1.82) is 0 Å². The molecule has 0 aliphatic carbocycles. The highest BCUT2D eigenvalue weighted by atomic mass is 16.3. The van der Waals surface area contributed by atoms with Gasteiger partial charge < -0.3 is 80.7 Å². The van der Waals surface area contributed by atoms with E-state index in [2.05, 4.69) is 127 Å². The second-order valence-electron chi connectivity index (χ2n) is 36.4. The monoisotopic (exact) mass is 1930 g/mol. The molecule has 0 bridgehead atoms. The van der Waals surface area contributed by atoms with Crippen LogP contribution in [0.15, 0.2) is 89.5 Å². The van der Waals surface area contributed by atoms with E-state index in [4.69, 9.17) is 20.4 Å². The second-order valence-corrected chi connectivity index (χ2v) is 36.4. The Morgan fingerprint density at radius 1 is 0.229 bits per heavy atom. The molecule has 0 radical (unpaired) electrons. The summed E-state index contributed by atoms with van der Waals surface area (Å²) in [5.74, 6) is 2.12.